The first-order valence-electron chi connectivity index (χ1n) is 7.84. The van der Waals surface area contributed by atoms with Crippen LogP contribution in [0.15, 0.2) is 22.5 Å². The highest BCUT2D eigenvalue weighted by atomic mass is 32.2. The van der Waals surface area contributed by atoms with E-state index in [-0.39, 0.29) is 21.3 Å². The number of rotatable bonds is 6. The van der Waals surface area contributed by atoms with Gasteiger partial charge in [-0.15, -0.1) is 10.2 Å². The molecule has 1 amide bonds. The van der Waals surface area contributed by atoms with E-state index in [1.165, 1.54) is 0 Å². The fraction of sp³-hybridized carbons (Fsp3) is 0.438. The second kappa shape index (κ2) is 7.59. The van der Waals surface area contributed by atoms with Gasteiger partial charge in [0.15, 0.2) is 0 Å². The predicted octanol–water partition coefficient (Wildman–Crippen LogP) is 2.79. The maximum Gasteiger partial charge on any atom is 0.270 e. The molecule has 2 rings (SSSR count). The summed E-state index contributed by atoms with van der Waals surface area (Å²) in [6.45, 7) is 9.18. The van der Waals surface area contributed by atoms with Crippen LogP contribution in [0.5, 0.6) is 0 Å². The second-order valence-electron chi connectivity index (χ2n) is 6.22. The molecule has 1 aromatic carbocycles. The number of aryl methyl sites for hydroxylation is 2. The van der Waals surface area contributed by atoms with Gasteiger partial charge in [0, 0.05) is 12.0 Å². The third-order valence-corrected chi connectivity index (χ3v) is 6.36. The maximum atomic E-state index is 12.5. The highest BCUT2D eigenvalue weighted by molar-refractivity contribution is 7.91. The Kier molecular flexibility index (Phi) is 5.91. The highest BCUT2D eigenvalue weighted by Gasteiger charge is 2.24. The molecule has 2 N–H and O–H groups in total. The van der Waals surface area contributed by atoms with Gasteiger partial charge in [0.25, 0.3) is 10.0 Å². The van der Waals surface area contributed by atoms with Gasteiger partial charge in [-0.25, -0.2) is 13.1 Å². The molecule has 1 heterocycles. The minimum absolute atomic E-state index is 0.165. The smallest absolute Gasteiger partial charge is 0.270 e. The highest BCUT2D eigenvalue weighted by Crippen LogP contribution is 2.24. The Morgan fingerprint density at radius 2 is 1.84 bits per heavy atom. The van der Waals surface area contributed by atoms with Gasteiger partial charge in [-0.05, 0) is 31.9 Å². The summed E-state index contributed by atoms with van der Waals surface area (Å²) in [6, 6.07) is 5.44. The lowest BCUT2D eigenvalue weighted by atomic mass is 10.0. The number of aromatic nitrogens is 2. The van der Waals surface area contributed by atoms with E-state index < -0.39 is 16.1 Å². The Bertz CT molecular complexity index is 875. The van der Waals surface area contributed by atoms with E-state index in [2.05, 4.69) is 20.2 Å². The molecule has 0 aliphatic carbocycles. The minimum Gasteiger partial charge on any atom is -0.300 e. The summed E-state index contributed by atoms with van der Waals surface area (Å²) in [5.41, 5.74) is 3.02. The molecule has 0 radical (unpaired) electrons. The van der Waals surface area contributed by atoms with Gasteiger partial charge in [0.05, 0.1) is 0 Å². The number of anilines is 1. The van der Waals surface area contributed by atoms with E-state index in [1.54, 1.807) is 20.8 Å². The van der Waals surface area contributed by atoms with E-state index in [0.29, 0.717) is 0 Å². The van der Waals surface area contributed by atoms with Crippen molar-refractivity contribution in [1.82, 2.24) is 14.9 Å². The quantitative estimate of drug-likeness (QED) is 0.748. The second-order valence-corrected chi connectivity index (χ2v) is 9.09. The predicted molar refractivity (Wildman–Crippen MR) is 98.0 cm³/mol. The number of hydrogen-bond donors (Lipinski definition) is 2. The van der Waals surface area contributed by atoms with Gasteiger partial charge < -0.3 is 5.32 Å². The fourth-order valence-electron chi connectivity index (χ4n) is 2.28. The maximum absolute atomic E-state index is 12.5. The molecular weight excluding hydrogens is 360 g/mol. The Morgan fingerprint density at radius 3 is 2.44 bits per heavy atom. The summed E-state index contributed by atoms with van der Waals surface area (Å²) >= 11 is 0.825. The van der Waals surface area contributed by atoms with Gasteiger partial charge >= 0.3 is 0 Å². The van der Waals surface area contributed by atoms with Gasteiger partial charge in [0.1, 0.15) is 0 Å². The van der Waals surface area contributed by atoms with Crippen molar-refractivity contribution < 1.29 is 13.2 Å². The van der Waals surface area contributed by atoms with Crippen LogP contribution < -0.4 is 10.0 Å². The van der Waals surface area contributed by atoms with Crippen molar-refractivity contribution in [2.75, 3.05) is 5.32 Å². The van der Waals surface area contributed by atoms with Crippen molar-refractivity contribution in [3.63, 3.8) is 0 Å². The van der Waals surface area contributed by atoms with Crippen LogP contribution >= 0.6 is 11.3 Å². The van der Waals surface area contributed by atoms with Crippen molar-refractivity contribution in [2.24, 2.45) is 5.92 Å². The first kappa shape index (κ1) is 19.5. The van der Waals surface area contributed by atoms with Crippen LogP contribution in [0.2, 0.25) is 0 Å². The molecule has 1 atom stereocenters. The summed E-state index contributed by atoms with van der Waals surface area (Å²) in [5.74, 6) is -0.469. The average molecular weight is 383 g/mol. The molecule has 7 nitrogen and oxygen atoms in total. The molecule has 0 aliphatic rings. The number of carbonyl (C=O) groups is 1. The van der Waals surface area contributed by atoms with E-state index in [0.717, 1.165) is 28.0 Å². The Labute approximate surface area is 151 Å². The Hall–Kier alpha value is -1.84. The molecule has 2 aromatic rings. The van der Waals surface area contributed by atoms with E-state index in [4.69, 9.17) is 0 Å². The number of amides is 1. The molecule has 0 saturated carbocycles. The van der Waals surface area contributed by atoms with Crippen molar-refractivity contribution >= 4 is 32.4 Å². The standard InChI is InChI=1S/C16H22N4O3S2/c1-9(2)14(21)17-15-18-19-16(24-15)25(22,23)20-12(5)13-7-6-10(3)8-11(13)4/h6-9,12,20H,1-5H3,(H,17,18,21). The average Bonchev–Trinajstić information content (AvgIpc) is 2.95. The van der Waals surface area contributed by atoms with Crippen molar-refractivity contribution in [1.29, 1.82) is 0 Å². The lowest BCUT2D eigenvalue weighted by Crippen LogP contribution is -2.27. The molecule has 1 unspecified atom stereocenters. The normalized spacial score (nSPS) is 13.0. The fourth-order valence-corrected chi connectivity index (χ4v) is 4.42. The van der Waals surface area contributed by atoms with Crippen LogP contribution in [-0.2, 0) is 14.8 Å². The lowest BCUT2D eigenvalue weighted by Gasteiger charge is -2.16. The number of hydrogen-bond acceptors (Lipinski definition) is 6. The zero-order chi connectivity index (χ0) is 18.8. The van der Waals surface area contributed by atoms with Crippen molar-refractivity contribution in [3.05, 3.63) is 34.9 Å². The van der Waals surface area contributed by atoms with Crippen LogP contribution in [0.4, 0.5) is 5.13 Å². The summed E-state index contributed by atoms with van der Waals surface area (Å²) in [6.07, 6.45) is 0. The molecular formula is C16H22N4O3S2. The molecule has 0 bridgehead atoms. The summed E-state index contributed by atoms with van der Waals surface area (Å²) < 4.78 is 27.5. The molecule has 0 saturated heterocycles. The monoisotopic (exact) mass is 382 g/mol. The van der Waals surface area contributed by atoms with Crippen LogP contribution in [-0.4, -0.2) is 24.5 Å². The molecule has 0 aliphatic heterocycles. The van der Waals surface area contributed by atoms with Crippen LogP contribution in [0.3, 0.4) is 0 Å². The zero-order valence-electron chi connectivity index (χ0n) is 14.8. The molecule has 9 heteroatoms. The topological polar surface area (TPSA) is 101 Å². The molecule has 0 fully saturated rings. The van der Waals surface area contributed by atoms with Gasteiger partial charge in [0.2, 0.25) is 15.4 Å². The molecule has 136 valence electrons. The summed E-state index contributed by atoms with van der Waals surface area (Å²) in [4.78, 5) is 11.7. The lowest BCUT2D eigenvalue weighted by molar-refractivity contribution is -0.118. The van der Waals surface area contributed by atoms with Crippen molar-refractivity contribution in [3.8, 4) is 0 Å². The number of nitrogens with zero attached hydrogens (tertiary/aromatic N) is 2. The van der Waals surface area contributed by atoms with Gasteiger partial charge in [-0.3, -0.25) is 4.79 Å². The number of nitrogens with one attached hydrogen (secondary N) is 2. The van der Waals surface area contributed by atoms with E-state index in [9.17, 15) is 13.2 Å². The summed E-state index contributed by atoms with van der Waals surface area (Å²) in [7, 11) is -3.83. The minimum atomic E-state index is -3.83. The first-order valence-corrected chi connectivity index (χ1v) is 10.1. The zero-order valence-corrected chi connectivity index (χ0v) is 16.5. The van der Waals surface area contributed by atoms with Crippen molar-refractivity contribution in [2.45, 2.75) is 45.0 Å². The molecule has 0 spiro atoms. The third kappa shape index (κ3) is 4.83. The SMILES string of the molecule is Cc1ccc(C(C)NS(=O)(=O)c2nnc(NC(=O)C(C)C)s2)c(C)c1. The Balaban J connectivity index is 2.16. The third-order valence-electron chi connectivity index (χ3n) is 3.61. The number of carbonyl (C=O) groups excluding carboxylic acids is 1. The molecule has 25 heavy (non-hydrogen) atoms. The summed E-state index contributed by atoms with van der Waals surface area (Å²) in [5, 5.41) is 10.1. The van der Waals surface area contributed by atoms with Crippen LogP contribution in [0.25, 0.3) is 0 Å². The van der Waals surface area contributed by atoms with E-state index in [1.807, 2.05) is 32.0 Å². The van der Waals surface area contributed by atoms with Crippen LogP contribution in [0.1, 0.15) is 43.5 Å². The number of benzene rings is 1. The number of sulfonamides is 1. The van der Waals surface area contributed by atoms with Gasteiger partial charge in [-0.2, -0.15) is 0 Å². The largest absolute Gasteiger partial charge is 0.300 e. The van der Waals surface area contributed by atoms with E-state index >= 15 is 0 Å². The molecule has 1 aromatic heterocycles. The van der Waals surface area contributed by atoms with Gasteiger partial charge in [-0.1, -0.05) is 48.9 Å². The first-order chi connectivity index (χ1) is 11.6. The van der Waals surface area contributed by atoms with Crippen LogP contribution in [0, 0.1) is 19.8 Å². The Morgan fingerprint density at radius 1 is 1.16 bits per heavy atom.